The molecule has 0 fully saturated rings. The molecular formula is C20H19N7O3. The van der Waals surface area contributed by atoms with Crippen molar-refractivity contribution in [2.24, 2.45) is 0 Å². The highest BCUT2D eigenvalue weighted by atomic mass is 16.4. The van der Waals surface area contributed by atoms with E-state index >= 15 is 0 Å². The fourth-order valence-corrected chi connectivity index (χ4v) is 2.71. The molecular weight excluding hydrogens is 386 g/mol. The van der Waals surface area contributed by atoms with Gasteiger partial charge in [0.2, 0.25) is 0 Å². The van der Waals surface area contributed by atoms with Gasteiger partial charge in [-0.05, 0) is 18.4 Å². The summed E-state index contributed by atoms with van der Waals surface area (Å²) in [5.74, 6) is -0.828. The molecule has 0 aliphatic heterocycles. The molecule has 0 amide bonds. The number of nitrogens with zero attached hydrogens (tertiary/aromatic N) is 5. The Morgan fingerprint density at radius 1 is 1.17 bits per heavy atom. The molecule has 2 aromatic heterocycles. The maximum atomic E-state index is 11.3. The van der Waals surface area contributed by atoms with Gasteiger partial charge in [-0.15, -0.1) is 0 Å². The van der Waals surface area contributed by atoms with E-state index in [4.69, 9.17) is 16.1 Å². The molecule has 0 aliphatic carbocycles. The van der Waals surface area contributed by atoms with Crippen LogP contribution in [0.1, 0.15) is 33.9 Å². The topological polar surface area (TPSA) is 171 Å². The molecule has 0 radical (unpaired) electrons. The summed E-state index contributed by atoms with van der Waals surface area (Å²) < 4.78 is 0. The third kappa shape index (κ3) is 4.84. The van der Waals surface area contributed by atoms with E-state index in [1.54, 1.807) is 12.3 Å². The summed E-state index contributed by atoms with van der Waals surface area (Å²) in [4.78, 5) is 27.8. The first kappa shape index (κ1) is 20.6. The Bertz CT molecular complexity index is 1090. The number of nitrogens with one attached hydrogen (secondary N) is 1. The molecule has 2 heterocycles. The molecule has 152 valence electrons. The van der Waals surface area contributed by atoms with Gasteiger partial charge in [0.15, 0.2) is 17.2 Å². The summed E-state index contributed by atoms with van der Waals surface area (Å²) in [6, 6.07) is 9.24. The Kier molecular flexibility index (Phi) is 6.46. The lowest BCUT2D eigenvalue weighted by Gasteiger charge is -2.10. The second-order valence-electron chi connectivity index (χ2n) is 6.33. The molecule has 1 aromatic carbocycles. The number of nitrogen functional groups attached to an aromatic ring is 1. The fraction of sp³-hybridized carbons (Fsp3) is 0.200. The van der Waals surface area contributed by atoms with E-state index in [0.29, 0.717) is 36.6 Å². The van der Waals surface area contributed by atoms with Crippen molar-refractivity contribution in [2.45, 2.75) is 19.4 Å². The quantitative estimate of drug-likeness (QED) is 0.431. The maximum Gasteiger partial charge on any atom is 0.358 e. The highest BCUT2D eigenvalue weighted by Gasteiger charge is 2.14. The number of aryl methyl sites for hydroxylation is 1. The molecule has 3 rings (SSSR count). The number of hydrogen-bond acceptors (Lipinski definition) is 9. The molecule has 10 nitrogen and oxygen atoms in total. The smallest absolute Gasteiger partial charge is 0.358 e. The van der Waals surface area contributed by atoms with Gasteiger partial charge in [-0.1, -0.05) is 24.3 Å². The third-order valence-corrected chi connectivity index (χ3v) is 4.25. The second-order valence-corrected chi connectivity index (χ2v) is 6.33. The first-order valence-corrected chi connectivity index (χ1v) is 9.07. The van der Waals surface area contributed by atoms with Crippen LogP contribution in [0.25, 0.3) is 11.3 Å². The van der Waals surface area contributed by atoms with Crippen LogP contribution in [-0.2, 0) is 13.0 Å². The molecule has 0 atom stereocenters. The largest absolute Gasteiger partial charge is 0.476 e. The Hall–Kier alpha value is -4.10. The Labute approximate surface area is 172 Å². The number of rotatable bonds is 8. The van der Waals surface area contributed by atoms with Gasteiger partial charge in [-0.25, -0.2) is 24.7 Å². The summed E-state index contributed by atoms with van der Waals surface area (Å²) in [6.07, 6.45) is 3.91. The maximum absolute atomic E-state index is 11.3. The van der Waals surface area contributed by atoms with Crippen molar-refractivity contribution < 1.29 is 15.0 Å². The predicted octanol–water partition coefficient (Wildman–Crippen LogP) is 1.62. The number of aromatic carboxylic acids is 1. The lowest BCUT2D eigenvalue weighted by atomic mass is 10.1. The number of nitrogens with two attached hydrogens (primary N) is 1. The Balaban J connectivity index is 1.73. The lowest BCUT2D eigenvalue weighted by molar-refractivity contribution is 0.0691. The summed E-state index contributed by atoms with van der Waals surface area (Å²) in [7, 11) is 0. The first-order chi connectivity index (χ1) is 14.5. The van der Waals surface area contributed by atoms with E-state index in [2.05, 4.69) is 25.3 Å². The van der Waals surface area contributed by atoms with Crippen LogP contribution in [0.5, 0.6) is 0 Å². The predicted molar refractivity (Wildman–Crippen MR) is 108 cm³/mol. The van der Waals surface area contributed by atoms with E-state index in [1.807, 2.05) is 24.3 Å². The standard InChI is InChI=1S/C20H19N7O3/c21-8-14-10-25-19(17(26-14)20(29)30)24-9-12-3-5-13(6-4-12)16-11-23-18(22)15(27-16)2-1-7-28/h3-6,10-11,28H,1-2,7,9H2,(H2,22,23)(H,24,25)(H,29,30). The van der Waals surface area contributed by atoms with E-state index in [-0.39, 0.29) is 23.8 Å². The number of hydrogen-bond donors (Lipinski definition) is 4. The van der Waals surface area contributed by atoms with Crippen molar-refractivity contribution >= 4 is 17.6 Å². The Morgan fingerprint density at radius 3 is 2.60 bits per heavy atom. The SMILES string of the molecule is N#Cc1cnc(NCc2ccc(-c3cnc(N)c(CCCO)n3)cc2)c(C(=O)O)n1. The van der Waals surface area contributed by atoms with E-state index in [9.17, 15) is 9.90 Å². The number of nitriles is 1. The normalized spacial score (nSPS) is 10.4. The highest BCUT2D eigenvalue weighted by Crippen LogP contribution is 2.20. The minimum atomic E-state index is -1.27. The number of aliphatic hydroxyl groups excluding tert-OH is 1. The number of benzene rings is 1. The van der Waals surface area contributed by atoms with E-state index < -0.39 is 5.97 Å². The summed E-state index contributed by atoms with van der Waals surface area (Å²) in [5, 5.41) is 30.0. The number of aliphatic hydroxyl groups is 1. The van der Waals surface area contributed by atoms with Gasteiger partial charge < -0.3 is 21.3 Å². The van der Waals surface area contributed by atoms with Crippen LogP contribution in [0.4, 0.5) is 11.6 Å². The van der Waals surface area contributed by atoms with Crippen molar-refractivity contribution in [1.82, 2.24) is 19.9 Å². The van der Waals surface area contributed by atoms with Crippen molar-refractivity contribution in [1.29, 1.82) is 5.26 Å². The van der Waals surface area contributed by atoms with Crippen molar-refractivity contribution in [3.8, 4) is 17.3 Å². The molecule has 10 heteroatoms. The molecule has 0 spiro atoms. The fourth-order valence-electron chi connectivity index (χ4n) is 2.71. The van der Waals surface area contributed by atoms with E-state index in [1.165, 1.54) is 6.20 Å². The van der Waals surface area contributed by atoms with Crippen LogP contribution >= 0.6 is 0 Å². The zero-order valence-corrected chi connectivity index (χ0v) is 15.9. The van der Waals surface area contributed by atoms with Crippen LogP contribution in [0.3, 0.4) is 0 Å². The lowest BCUT2D eigenvalue weighted by Crippen LogP contribution is -2.11. The molecule has 0 saturated carbocycles. The molecule has 0 saturated heterocycles. The van der Waals surface area contributed by atoms with Crippen LogP contribution in [-0.4, -0.2) is 42.7 Å². The number of carboxylic acid groups (broad SMARTS) is 1. The monoisotopic (exact) mass is 405 g/mol. The minimum Gasteiger partial charge on any atom is -0.476 e. The highest BCUT2D eigenvalue weighted by molar-refractivity contribution is 5.90. The second kappa shape index (κ2) is 9.40. The number of anilines is 2. The number of carbonyl (C=O) groups is 1. The van der Waals surface area contributed by atoms with Gasteiger partial charge in [0, 0.05) is 18.7 Å². The van der Waals surface area contributed by atoms with Gasteiger partial charge in [-0.2, -0.15) is 5.26 Å². The molecule has 5 N–H and O–H groups in total. The van der Waals surface area contributed by atoms with Crippen LogP contribution in [0.2, 0.25) is 0 Å². The van der Waals surface area contributed by atoms with Crippen molar-refractivity contribution in [3.63, 3.8) is 0 Å². The summed E-state index contributed by atoms with van der Waals surface area (Å²) in [5.41, 5.74) is 8.52. The van der Waals surface area contributed by atoms with Gasteiger partial charge in [-0.3, -0.25) is 0 Å². The zero-order valence-electron chi connectivity index (χ0n) is 15.9. The van der Waals surface area contributed by atoms with Gasteiger partial charge in [0.1, 0.15) is 11.9 Å². The summed E-state index contributed by atoms with van der Waals surface area (Å²) in [6.45, 7) is 0.372. The van der Waals surface area contributed by atoms with Crippen molar-refractivity contribution in [3.05, 3.63) is 59.3 Å². The molecule has 3 aromatic rings. The molecule has 30 heavy (non-hydrogen) atoms. The van der Waals surface area contributed by atoms with Crippen LogP contribution < -0.4 is 11.1 Å². The molecule has 0 unspecified atom stereocenters. The van der Waals surface area contributed by atoms with Gasteiger partial charge >= 0.3 is 5.97 Å². The van der Waals surface area contributed by atoms with Gasteiger partial charge in [0.05, 0.1) is 23.8 Å². The Morgan fingerprint density at radius 2 is 1.93 bits per heavy atom. The minimum absolute atomic E-state index is 0.0558. The molecule has 0 aliphatic rings. The zero-order chi connectivity index (χ0) is 21.5. The average molecular weight is 405 g/mol. The first-order valence-electron chi connectivity index (χ1n) is 9.07. The summed E-state index contributed by atoms with van der Waals surface area (Å²) >= 11 is 0. The molecule has 0 bridgehead atoms. The van der Waals surface area contributed by atoms with Gasteiger partial charge in [0.25, 0.3) is 0 Å². The van der Waals surface area contributed by atoms with Crippen molar-refractivity contribution in [2.75, 3.05) is 17.7 Å². The van der Waals surface area contributed by atoms with Crippen LogP contribution in [0, 0.1) is 11.3 Å². The number of carboxylic acids is 1. The number of aromatic nitrogens is 4. The third-order valence-electron chi connectivity index (χ3n) is 4.25. The van der Waals surface area contributed by atoms with E-state index in [0.717, 1.165) is 11.1 Å². The van der Waals surface area contributed by atoms with Crippen LogP contribution in [0.15, 0.2) is 36.7 Å². The average Bonchev–Trinajstić information content (AvgIpc) is 2.77.